The van der Waals surface area contributed by atoms with Gasteiger partial charge in [0.1, 0.15) is 0 Å². The minimum absolute atomic E-state index is 0. The number of rotatable bonds is 0. The molecule has 60 valence electrons. The van der Waals surface area contributed by atoms with E-state index >= 15 is 0 Å². The van der Waals surface area contributed by atoms with Gasteiger partial charge in [-0.05, 0) is 0 Å². The molecule has 0 saturated carbocycles. The van der Waals surface area contributed by atoms with Crippen LogP contribution in [0.25, 0.3) is 0 Å². The van der Waals surface area contributed by atoms with E-state index in [2.05, 4.69) is 0 Å². The monoisotopic (exact) mass is 474 g/mol. The second-order valence-electron chi connectivity index (χ2n) is 0.519. The van der Waals surface area contributed by atoms with Crippen LogP contribution >= 0.6 is 34.0 Å². The molecule has 0 aromatic rings. The van der Waals surface area contributed by atoms with Crippen LogP contribution in [-0.2, 0) is 38.6 Å². The number of carbonyl (C=O) groups is 1. The fourth-order valence-electron chi connectivity index (χ4n) is 0. The third kappa shape index (κ3) is 105. The van der Waals surface area contributed by atoms with Crippen molar-refractivity contribution in [1.82, 2.24) is 0 Å². The fraction of sp³-hybridized carbons (Fsp3) is 0.500. The molecule has 0 bridgehead atoms. The quantitative estimate of drug-likeness (QED) is 0.535. The summed E-state index contributed by atoms with van der Waals surface area (Å²) in [6.45, 7) is 1.08. The van der Waals surface area contributed by atoms with Crippen molar-refractivity contribution in [1.29, 1.82) is 0 Å². The van der Waals surface area contributed by atoms with E-state index in [1.807, 2.05) is 0 Å². The molecule has 0 aromatic heterocycles. The van der Waals surface area contributed by atoms with Crippen molar-refractivity contribution in [2.45, 2.75) is 6.92 Å². The van der Waals surface area contributed by atoms with Crippen molar-refractivity contribution >= 4 is 39.9 Å². The zero-order chi connectivity index (χ0) is 3.58. The van der Waals surface area contributed by atoms with E-state index in [1.165, 1.54) is 0 Å². The zero-order valence-electron chi connectivity index (χ0n) is 4.38. The molecule has 0 rings (SSSR count). The number of halogens is 2. The van der Waals surface area contributed by atoms with Gasteiger partial charge in [-0.3, -0.25) is 4.79 Å². The van der Waals surface area contributed by atoms with Gasteiger partial charge in [-0.15, -0.1) is 34.0 Å². The molecule has 0 unspecified atom stereocenters. The fourth-order valence-corrected chi connectivity index (χ4v) is 0. The summed E-state index contributed by atoms with van der Waals surface area (Å²) in [6, 6.07) is 0. The number of carboxylic acids is 1. The Kier molecular flexibility index (Phi) is 140. The third-order valence-corrected chi connectivity index (χ3v) is 0. The maximum absolute atomic E-state index is 9.00. The first kappa shape index (κ1) is 40.8. The molecule has 0 amide bonds. The zero-order valence-corrected chi connectivity index (χ0v) is 13.2. The first-order chi connectivity index (χ1) is 1.73. The molecule has 0 heterocycles. The second-order valence-corrected chi connectivity index (χ2v) is 0.519. The van der Waals surface area contributed by atoms with Crippen molar-refractivity contribution in [3.8, 4) is 0 Å². The van der Waals surface area contributed by atoms with Crippen LogP contribution in [0.15, 0.2) is 0 Å². The molecule has 0 aliphatic rings. The Bertz CT molecular complexity index is 45.5. The molecule has 0 aromatic carbocycles. The molecule has 0 spiro atoms. The average Bonchev–Trinajstić information content (AvgIpc) is 0.811. The van der Waals surface area contributed by atoms with Gasteiger partial charge < -0.3 is 5.11 Å². The predicted molar refractivity (Wildman–Crippen MR) is 34.0 cm³/mol. The van der Waals surface area contributed by atoms with Crippen molar-refractivity contribution in [2.24, 2.45) is 0 Å². The van der Waals surface area contributed by atoms with Gasteiger partial charge in [0, 0.05) is 82.5 Å². The van der Waals surface area contributed by atoms with Gasteiger partial charge in [0.2, 0.25) is 0 Å². The number of aliphatic carboxylic acids is 1. The number of hydrogen-bond donors (Lipinski definition) is 1. The van der Waals surface area contributed by atoms with E-state index in [0.717, 1.165) is 6.92 Å². The molecule has 9 heavy (non-hydrogen) atoms. The minimum atomic E-state index is -0.833. The van der Waals surface area contributed by atoms with Gasteiger partial charge in [0.15, 0.2) is 0 Å². The summed E-state index contributed by atoms with van der Waals surface area (Å²) in [5, 5.41) is 7.42. The van der Waals surface area contributed by atoms with E-state index in [9.17, 15) is 0 Å². The Hall–Kier alpha value is 2.83. The van der Waals surface area contributed by atoms with Gasteiger partial charge in [-0.1, -0.05) is 0 Å². The van der Waals surface area contributed by atoms with Crippen LogP contribution in [0.4, 0.5) is 0 Å². The van der Waals surface area contributed by atoms with Gasteiger partial charge in [-0.25, -0.2) is 0 Å². The molecular formula is C2H6Br2CeCoMnO2. The Morgan fingerprint density at radius 2 is 1.33 bits per heavy atom. The first-order valence-electron chi connectivity index (χ1n) is 0.928. The first-order valence-corrected chi connectivity index (χ1v) is 0.928. The van der Waals surface area contributed by atoms with Gasteiger partial charge in [0.05, 0.1) is 0 Å². The third-order valence-electron chi connectivity index (χ3n) is 0. The smallest absolute Gasteiger partial charge is 0.300 e. The van der Waals surface area contributed by atoms with E-state index in [-0.39, 0.29) is 110 Å². The Balaban J connectivity index is -0.00000000450. The van der Waals surface area contributed by atoms with Crippen LogP contribution in [-0.4, -0.2) is 11.1 Å². The van der Waals surface area contributed by atoms with Crippen molar-refractivity contribution in [2.75, 3.05) is 0 Å². The standard InChI is InChI=1S/C2H4O2.2BrH.Ce.Co.Mn/c1-2(3)4;;;;;/h1H3,(H,3,4);2*1H;;;. The average molecular weight is 476 g/mol. The molecule has 7 heteroatoms. The molecule has 0 atom stereocenters. The van der Waals surface area contributed by atoms with Gasteiger partial charge >= 0.3 is 0 Å². The van der Waals surface area contributed by atoms with Gasteiger partial charge in [-0.2, -0.15) is 0 Å². The molecule has 2 radical (unpaired) electrons. The van der Waals surface area contributed by atoms with Crippen LogP contribution in [0.2, 0.25) is 0 Å². The molecule has 0 aliphatic carbocycles. The minimum Gasteiger partial charge on any atom is -0.481 e. The molecular weight excluding hydrogens is 470 g/mol. The summed E-state index contributed by atoms with van der Waals surface area (Å²) in [5.41, 5.74) is 0. The van der Waals surface area contributed by atoms with E-state index in [4.69, 9.17) is 9.90 Å². The Labute approximate surface area is 130 Å². The van der Waals surface area contributed by atoms with E-state index in [0.29, 0.717) is 0 Å². The normalized spacial score (nSPS) is 2.78. The summed E-state index contributed by atoms with van der Waals surface area (Å²) in [7, 11) is 0. The molecule has 0 fully saturated rings. The van der Waals surface area contributed by atoms with Crippen LogP contribution in [0.3, 0.4) is 0 Å². The maximum atomic E-state index is 9.00. The maximum Gasteiger partial charge on any atom is 0.300 e. The van der Waals surface area contributed by atoms with E-state index < -0.39 is 5.97 Å². The summed E-state index contributed by atoms with van der Waals surface area (Å²) in [6.07, 6.45) is 0. The summed E-state index contributed by atoms with van der Waals surface area (Å²) in [4.78, 5) is 9.00. The van der Waals surface area contributed by atoms with Crippen molar-refractivity contribution in [3.05, 3.63) is 0 Å². The van der Waals surface area contributed by atoms with Crippen molar-refractivity contribution < 1.29 is 85.5 Å². The predicted octanol–water partition coefficient (Wildman–Crippen LogP) is 1.24. The van der Waals surface area contributed by atoms with E-state index in [1.54, 1.807) is 0 Å². The Morgan fingerprint density at radius 3 is 1.33 bits per heavy atom. The molecule has 2 nitrogen and oxygen atoms in total. The number of carboxylic acid groups (broad SMARTS) is 1. The number of hydrogen-bond acceptors (Lipinski definition) is 1. The second kappa shape index (κ2) is 30.8. The van der Waals surface area contributed by atoms with Crippen LogP contribution in [0, 0.1) is 41.7 Å². The molecule has 0 aliphatic heterocycles. The summed E-state index contributed by atoms with van der Waals surface area (Å²) < 4.78 is 0. The van der Waals surface area contributed by atoms with Gasteiger partial charge in [0.25, 0.3) is 5.97 Å². The Morgan fingerprint density at radius 1 is 1.33 bits per heavy atom. The van der Waals surface area contributed by atoms with Crippen molar-refractivity contribution in [3.63, 3.8) is 0 Å². The van der Waals surface area contributed by atoms with Crippen LogP contribution in [0.5, 0.6) is 0 Å². The SMILES string of the molecule is Br.Br.CC(=O)O.[Ce].[Co].[Mn]. The molecule has 0 saturated heterocycles. The summed E-state index contributed by atoms with van der Waals surface area (Å²) in [5.74, 6) is -0.833. The topological polar surface area (TPSA) is 37.3 Å². The summed E-state index contributed by atoms with van der Waals surface area (Å²) >= 11 is 0. The largest absolute Gasteiger partial charge is 0.481 e. The molecule has 1 N–H and O–H groups in total. The van der Waals surface area contributed by atoms with Crippen LogP contribution < -0.4 is 0 Å². The van der Waals surface area contributed by atoms with Crippen LogP contribution in [0.1, 0.15) is 6.92 Å².